The van der Waals surface area contributed by atoms with Crippen molar-refractivity contribution >= 4 is 14.5 Å². The number of hydrogen-bond donors (Lipinski definition) is 0. The average Bonchev–Trinajstić information content (AvgIpc) is 2.86. The Morgan fingerprint density at radius 3 is 1.91 bits per heavy atom. The molecule has 0 bridgehead atoms. The van der Waals surface area contributed by atoms with E-state index in [0.717, 1.165) is 30.3 Å². The zero-order chi connectivity index (χ0) is 25.2. The monoisotopic (exact) mass is 502 g/mol. The van der Waals surface area contributed by atoms with E-state index in [1.807, 2.05) is 45.3 Å². The summed E-state index contributed by atoms with van der Waals surface area (Å²) in [6.45, 7) is 10.5. The molecule has 35 heavy (non-hydrogen) atoms. The van der Waals surface area contributed by atoms with Crippen LogP contribution >= 0.6 is 0 Å². The SMILES string of the molecule is CCO[Si](CCCCCCCCCCCCC1(C)C=CN=C(c2ccccn2)C1)(OCC)OCC. The molecule has 2 heterocycles. The highest BCUT2D eigenvalue weighted by Gasteiger charge is 2.39. The molecule has 1 aromatic heterocycles. The first-order valence-electron chi connectivity index (χ1n) is 14.1. The second-order valence-corrected chi connectivity index (χ2v) is 12.7. The topological polar surface area (TPSA) is 52.9 Å². The first kappa shape index (κ1) is 29.9. The van der Waals surface area contributed by atoms with Crippen molar-refractivity contribution in [3.8, 4) is 0 Å². The van der Waals surface area contributed by atoms with Crippen molar-refractivity contribution in [2.45, 2.75) is 111 Å². The molecular weight excluding hydrogens is 452 g/mol. The van der Waals surface area contributed by atoms with Crippen molar-refractivity contribution < 1.29 is 13.3 Å². The molecule has 1 aliphatic rings. The summed E-state index contributed by atoms with van der Waals surface area (Å²) in [5, 5.41) is 0. The minimum absolute atomic E-state index is 0.210. The lowest BCUT2D eigenvalue weighted by molar-refractivity contribution is 0.0706. The van der Waals surface area contributed by atoms with Gasteiger partial charge in [-0.05, 0) is 51.2 Å². The van der Waals surface area contributed by atoms with Gasteiger partial charge in [0, 0.05) is 44.7 Å². The minimum atomic E-state index is -2.44. The summed E-state index contributed by atoms with van der Waals surface area (Å²) in [4.78, 5) is 9.08. The van der Waals surface area contributed by atoms with Crippen LogP contribution in [0.15, 0.2) is 41.7 Å². The van der Waals surface area contributed by atoms with E-state index >= 15 is 0 Å². The molecule has 0 spiro atoms. The highest BCUT2D eigenvalue weighted by atomic mass is 28.4. The number of allylic oxidation sites excluding steroid dienone is 1. The predicted octanol–water partition coefficient (Wildman–Crippen LogP) is 8.13. The maximum atomic E-state index is 5.95. The predicted molar refractivity (Wildman–Crippen MR) is 149 cm³/mol. The van der Waals surface area contributed by atoms with E-state index in [2.05, 4.69) is 29.0 Å². The summed E-state index contributed by atoms with van der Waals surface area (Å²) in [5.74, 6) is 0. The van der Waals surface area contributed by atoms with Crippen LogP contribution in [0.2, 0.25) is 6.04 Å². The fourth-order valence-corrected chi connectivity index (χ4v) is 7.63. The van der Waals surface area contributed by atoms with Crippen molar-refractivity contribution in [3.63, 3.8) is 0 Å². The summed E-state index contributed by atoms with van der Waals surface area (Å²) in [7, 11) is -2.44. The number of aliphatic imine (C=N–C) groups is 1. The third-order valence-electron chi connectivity index (χ3n) is 6.81. The standard InChI is InChI=1S/C29H50N2O3Si/c1-5-32-35(33-6-2,34-7-3)25-19-15-13-11-9-8-10-12-14-17-21-29(4)22-24-31-28(26-29)27-20-16-18-23-30-27/h16,18,20,22-24H,5-15,17,19,21,25-26H2,1-4H3. The third kappa shape index (κ3) is 11.5. The Bertz CT molecular complexity index is 724. The summed E-state index contributed by atoms with van der Waals surface area (Å²) >= 11 is 0. The number of unbranched alkanes of at least 4 members (excludes halogenated alkanes) is 9. The van der Waals surface area contributed by atoms with Gasteiger partial charge in [0.15, 0.2) is 0 Å². The molecule has 1 aliphatic heterocycles. The molecule has 5 nitrogen and oxygen atoms in total. The molecule has 1 unspecified atom stereocenters. The molecule has 6 heteroatoms. The summed E-state index contributed by atoms with van der Waals surface area (Å²) in [6.07, 6.45) is 21.5. The molecule has 0 amide bonds. The normalized spacial score (nSPS) is 18.1. The van der Waals surface area contributed by atoms with Gasteiger partial charge in [0.05, 0.1) is 11.4 Å². The van der Waals surface area contributed by atoms with E-state index in [1.54, 1.807) is 0 Å². The Morgan fingerprint density at radius 2 is 1.37 bits per heavy atom. The molecule has 1 atom stereocenters. The zero-order valence-corrected chi connectivity index (χ0v) is 23.9. The largest absolute Gasteiger partial charge is 0.500 e. The van der Waals surface area contributed by atoms with Crippen LogP contribution in [0.4, 0.5) is 0 Å². The third-order valence-corrected chi connectivity index (χ3v) is 9.96. The first-order valence-corrected chi connectivity index (χ1v) is 16.1. The average molecular weight is 503 g/mol. The van der Waals surface area contributed by atoms with Gasteiger partial charge in [0.2, 0.25) is 0 Å². The van der Waals surface area contributed by atoms with E-state index in [4.69, 9.17) is 13.3 Å². The quantitative estimate of drug-likeness (QED) is 0.133. The Labute approximate surface area is 216 Å². The first-order chi connectivity index (χ1) is 17.1. The molecule has 1 aromatic rings. The number of nitrogens with zero attached hydrogens (tertiary/aromatic N) is 2. The molecular formula is C29H50N2O3Si. The van der Waals surface area contributed by atoms with Gasteiger partial charge in [-0.2, -0.15) is 0 Å². The Hall–Kier alpha value is -1.34. The number of pyridine rings is 1. The molecule has 0 N–H and O–H groups in total. The van der Waals surface area contributed by atoms with E-state index in [9.17, 15) is 0 Å². The van der Waals surface area contributed by atoms with Gasteiger partial charge < -0.3 is 13.3 Å². The second-order valence-electron chi connectivity index (χ2n) is 9.95. The Balaban J connectivity index is 1.49. The van der Waals surface area contributed by atoms with Crippen molar-refractivity contribution in [1.82, 2.24) is 4.98 Å². The van der Waals surface area contributed by atoms with Crippen LogP contribution in [-0.4, -0.2) is 39.3 Å². The van der Waals surface area contributed by atoms with Crippen LogP contribution in [0.5, 0.6) is 0 Å². The van der Waals surface area contributed by atoms with Gasteiger partial charge in [0.1, 0.15) is 0 Å². The fraction of sp³-hybridized carbons (Fsp3) is 0.724. The molecule has 0 radical (unpaired) electrons. The molecule has 2 rings (SSSR count). The van der Waals surface area contributed by atoms with Gasteiger partial charge in [-0.1, -0.05) is 76.9 Å². The van der Waals surface area contributed by atoms with Crippen LogP contribution in [0, 0.1) is 5.41 Å². The molecule has 198 valence electrons. The molecule has 0 aliphatic carbocycles. The molecule has 0 aromatic carbocycles. The van der Waals surface area contributed by atoms with Gasteiger partial charge in [-0.3, -0.25) is 9.98 Å². The van der Waals surface area contributed by atoms with Crippen LogP contribution < -0.4 is 0 Å². The lowest BCUT2D eigenvalue weighted by atomic mass is 9.78. The number of rotatable bonds is 20. The maximum absolute atomic E-state index is 5.95. The number of aromatic nitrogens is 1. The summed E-state index contributed by atoms with van der Waals surface area (Å²) in [6, 6.07) is 7.02. The van der Waals surface area contributed by atoms with Crippen molar-refractivity contribution in [3.05, 3.63) is 42.4 Å². The highest BCUT2D eigenvalue weighted by molar-refractivity contribution is 6.60. The van der Waals surface area contributed by atoms with Crippen LogP contribution in [-0.2, 0) is 13.3 Å². The Morgan fingerprint density at radius 1 is 0.800 bits per heavy atom. The summed E-state index contributed by atoms with van der Waals surface area (Å²) < 4.78 is 17.9. The van der Waals surface area contributed by atoms with Gasteiger partial charge in [0.25, 0.3) is 0 Å². The van der Waals surface area contributed by atoms with Gasteiger partial charge in [-0.25, -0.2) is 0 Å². The smallest absolute Gasteiger partial charge is 0.374 e. The van der Waals surface area contributed by atoms with Crippen molar-refractivity contribution in [2.75, 3.05) is 19.8 Å². The molecule has 0 saturated heterocycles. The lowest BCUT2D eigenvalue weighted by Gasteiger charge is -2.29. The van der Waals surface area contributed by atoms with E-state index in [0.29, 0.717) is 19.8 Å². The van der Waals surface area contributed by atoms with E-state index in [-0.39, 0.29) is 5.41 Å². The highest BCUT2D eigenvalue weighted by Crippen LogP contribution is 2.34. The van der Waals surface area contributed by atoms with Crippen LogP contribution in [0.3, 0.4) is 0 Å². The maximum Gasteiger partial charge on any atom is 0.500 e. The van der Waals surface area contributed by atoms with Gasteiger partial charge in [-0.15, -0.1) is 0 Å². The molecule has 0 saturated carbocycles. The summed E-state index contributed by atoms with van der Waals surface area (Å²) in [5.41, 5.74) is 2.35. The second kappa shape index (κ2) is 17.2. The minimum Gasteiger partial charge on any atom is -0.374 e. The fourth-order valence-electron chi connectivity index (χ4n) is 4.94. The van der Waals surface area contributed by atoms with E-state index in [1.165, 1.54) is 64.2 Å². The van der Waals surface area contributed by atoms with E-state index < -0.39 is 8.80 Å². The molecule has 0 fully saturated rings. The van der Waals surface area contributed by atoms with Crippen molar-refractivity contribution in [2.24, 2.45) is 10.4 Å². The van der Waals surface area contributed by atoms with Gasteiger partial charge >= 0.3 is 8.80 Å². The van der Waals surface area contributed by atoms with Crippen molar-refractivity contribution in [1.29, 1.82) is 0 Å². The lowest BCUT2D eigenvalue weighted by Crippen LogP contribution is -2.45. The van der Waals surface area contributed by atoms with Crippen LogP contribution in [0.25, 0.3) is 0 Å². The van der Waals surface area contributed by atoms with Crippen LogP contribution in [0.1, 0.15) is 110 Å². The Kier molecular flexibility index (Phi) is 14.7. The zero-order valence-electron chi connectivity index (χ0n) is 22.9. The number of hydrogen-bond acceptors (Lipinski definition) is 5.